The maximum atomic E-state index is 13.1. The van der Waals surface area contributed by atoms with Gasteiger partial charge >= 0.3 is 11.9 Å². The highest BCUT2D eigenvalue weighted by Crippen LogP contribution is 2.13. The Balaban J connectivity index is 3.00. The number of phenols is 1. The molecule has 0 aromatic heterocycles. The number of phenolic OH excluding ortho intramolecular Hbond substituents is 1. The van der Waals surface area contributed by atoms with Gasteiger partial charge in [-0.2, -0.15) is 0 Å². The SMILES string of the molecule is CCC(C)C(NC(=O)C(N)Cc1ccc(O)cc1)C(=O)NC(CC(=O)O)C(=O)NC(CC(C)C)C(=O)O. The molecule has 206 valence electrons. The third-order valence-electron chi connectivity index (χ3n) is 5.86. The van der Waals surface area contributed by atoms with Gasteiger partial charge in [0, 0.05) is 0 Å². The van der Waals surface area contributed by atoms with E-state index in [1.165, 1.54) is 12.1 Å². The lowest BCUT2D eigenvalue weighted by atomic mass is 9.96. The van der Waals surface area contributed by atoms with Crippen LogP contribution in [0.25, 0.3) is 0 Å². The second kappa shape index (κ2) is 14.8. The summed E-state index contributed by atoms with van der Waals surface area (Å²) >= 11 is 0. The average Bonchev–Trinajstić information content (AvgIpc) is 2.81. The minimum atomic E-state index is -1.56. The van der Waals surface area contributed by atoms with Gasteiger partial charge in [0.2, 0.25) is 17.7 Å². The smallest absolute Gasteiger partial charge is 0.326 e. The van der Waals surface area contributed by atoms with E-state index in [2.05, 4.69) is 16.0 Å². The Morgan fingerprint density at radius 1 is 0.865 bits per heavy atom. The summed E-state index contributed by atoms with van der Waals surface area (Å²) < 4.78 is 0. The van der Waals surface area contributed by atoms with Gasteiger partial charge in [0.15, 0.2) is 0 Å². The van der Waals surface area contributed by atoms with Crippen LogP contribution in [-0.4, -0.2) is 69.1 Å². The molecule has 0 aliphatic heterocycles. The molecule has 12 heteroatoms. The molecule has 37 heavy (non-hydrogen) atoms. The number of nitrogens with two attached hydrogens (primary N) is 1. The Kier molecular flexibility index (Phi) is 12.5. The molecule has 8 N–H and O–H groups in total. The van der Waals surface area contributed by atoms with Crippen LogP contribution in [0.2, 0.25) is 0 Å². The lowest BCUT2D eigenvalue weighted by Gasteiger charge is -2.27. The number of hydrogen-bond acceptors (Lipinski definition) is 7. The molecule has 0 saturated heterocycles. The number of carboxylic acids is 2. The van der Waals surface area contributed by atoms with Crippen LogP contribution in [0.1, 0.15) is 52.5 Å². The minimum Gasteiger partial charge on any atom is -0.508 e. The van der Waals surface area contributed by atoms with Crippen molar-refractivity contribution in [3.8, 4) is 5.75 Å². The molecule has 0 saturated carbocycles. The average molecular weight is 523 g/mol. The summed E-state index contributed by atoms with van der Waals surface area (Å²) in [6.07, 6.45) is -0.0688. The number of nitrogens with one attached hydrogen (secondary N) is 3. The Hall–Kier alpha value is -3.67. The number of rotatable bonds is 15. The summed E-state index contributed by atoms with van der Waals surface area (Å²) in [6, 6.07) is 1.17. The Morgan fingerprint density at radius 3 is 1.92 bits per heavy atom. The monoisotopic (exact) mass is 522 g/mol. The zero-order valence-corrected chi connectivity index (χ0v) is 21.6. The highest BCUT2D eigenvalue weighted by atomic mass is 16.4. The standard InChI is InChI=1S/C25H38N4O8/c1-5-14(4)21(29-22(33)17(26)11-15-6-8-16(30)9-7-15)24(35)27-18(12-20(31)32)23(34)28-19(25(36)37)10-13(2)3/h6-9,13-14,17-19,21,30H,5,10-12,26H2,1-4H3,(H,27,35)(H,28,34)(H,29,33)(H,31,32)(H,36,37). The van der Waals surface area contributed by atoms with Crippen LogP contribution in [0, 0.1) is 11.8 Å². The summed E-state index contributed by atoms with van der Waals surface area (Å²) in [7, 11) is 0. The number of carbonyl (C=O) groups is 5. The number of aromatic hydroxyl groups is 1. The van der Waals surface area contributed by atoms with Gasteiger partial charge in [0.1, 0.15) is 23.9 Å². The molecule has 0 bridgehead atoms. The van der Waals surface area contributed by atoms with E-state index < -0.39 is 66.2 Å². The van der Waals surface area contributed by atoms with Crippen molar-refractivity contribution in [1.82, 2.24) is 16.0 Å². The molecule has 12 nitrogen and oxygen atoms in total. The minimum absolute atomic E-state index is 0.0640. The van der Waals surface area contributed by atoms with Gasteiger partial charge in [-0.3, -0.25) is 19.2 Å². The first-order chi connectivity index (χ1) is 17.2. The Bertz CT molecular complexity index is 951. The van der Waals surface area contributed by atoms with Crippen LogP contribution < -0.4 is 21.7 Å². The van der Waals surface area contributed by atoms with E-state index in [9.17, 15) is 39.3 Å². The van der Waals surface area contributed by atoms with Gasteiger partial charge in [0.05, 0.1) is 12.5 Å². The van der Waals surface area contributed by atoms with Crippen molar-refractivity contribution in [2.45, 2.75) is 77.5 Å². The fraction of sp³-hybridized carbons (Fsp3) is 0.560. The molecular weight excluding hydrogens is 484 g/mol. The molecule has 0 fully saturated rings. The normalized spacial score (nSPS) is 15.1. The van der Waals surface area contributed by atoms with Crippen LogP contribution >= 0.6 is 0 Å². The zero-order chi connectivity index (χ0) is 28.3. The lowest BCUT2D eigenvalue weighted by Crippen LogP contribution is -2.59. The highest BCUT2D eigenvalue weighted by Gasteiger charge is 2.33. The van der Waals surface area contributed by atoms with E-state index in [0.29, 0.717) is 12.0 Å². The fourth-order valence-corrected chi connectivity index (χ4v) is 3.55. The maximum Gasteiger partial charge on any atom is 0.326 e. The van der Waals surface area contributed by atoms with Crippen molar-refractivity contribution >= 4 is 29.7 Å². The van der Waals surface area contributed by atoms with E-state index in [4.69, 9.17) is 5.73 Å². The van der Waals surface area contributed by atoms with Crippen molar-refractivity contribution in [2.24, 2.45) is 17.6 Å². The molecule has 5 atom stereocenters. The number of benzene rings is 1. The van der Waals surface area contributed by atoms with Crippen LogP contribution in [0.15, 0.2) is 24.3 Å². The van der Waals surface area contributed by atoms with E-state index in [-0.39, 0.29) is 24.5 Å². The predicted octanol–water partition coefficient (Wildman–Crippen LogP) is 0.368. The molecule has 3 amide bonds. The number of aliphatic carboxylic acids is 2. The molecule has 0 spiro atoms. The van der Waals surface area contributed by atoms with Crippen molar-refractivity contribution in [3.63, 3.8) is 0 Å². The van der Waals surface area contributed by atoms with Crippen molar-refractivity contribution in [3.05, 3.63) is 29.8 Å². The summed E-state index contributed by atoms with van der Waals surface area (Å²) in [5.41, 5.74) is 6.70. The third kappa shape index (κ3) is 10.9. The van der Waals surface area contributed by atoms with Gasteiger partial charge in [0.25, 0.3) is 0 Å². The summed E-state index contributed by atoms with van der Waals surface area (Å²) in [4.78, 5) is 61.5. The first-order valence-electron chi connectivity index (χ1n) is 12.1. The topological polar surface area (TPSA) is 208 Å². The summed E-state index contributed by atoms with van der Waals surface area (Å²) in [5, 5.41) is 35.3. The van der Waals surface area contributed by atoms with Crippen molar-refractivity contribution < 1.29 is 39.3 Å². The lowest BCUT2D eigenvalue weighted by molar-refractivity contribution is -0.144. The van der Waals surface area contributed by atoms with E-state index in [1.54, 1.807) is 39.8 Å². The first-order valence-corrected chi connectivity index (χ1v) is 12.1. The molecule has 0 radical (unpaired) electrons. The molecule has 0 aliphatic carbocycles. The van der Waals surface area contributed by atoms with Gasteiger partial charge in [-0.15, -0.1) is 0 Å². The van der Waals surface area contributed by atoms with Crippen molar-refractivity contribution in [1.29, 1.82) is 0 Å². The van der Waals surface area contributed by atoms with E-state index >= 15 is 0 Å². The van der Waals surface area contributed by atoms with E-state index in [0.717, 1.165) is 0 Å². The van der Waals surface area contributed by atoms with Gasteiger partial charge in [-0.05, 0) is 42.4 Å². The van der Waals surface area contributed by atoms with Crippen molar-refractivity contribution in [2.75, 3.05) is 0 Å². The van der Waals surface area contributed by atoms with Gasteiger partial charge in [-0.25, -0.2) is 4.79 Å². The summed E-state index contributed by atoms with van der Waals surface area (Å²) in [5.74, 6) is -5.44. The van der Waals surface area contributed by atoms with Crippen LogP contribution in [-0.2, 0) is 30.4 Å². The predicted molar refractivity (Wildman–Crippen MR) is 134 cm³/mol. The number of amides is 3. The van der Waals surface area contributed by atoms with Crippen LogP contribution in [0.5, 0.6) is 5.75 Å². The number of carbonyl (C=O) groups excluding carboxylic acids is 3. The maximum absolute atomic E-state index is 13.1. The molecule has 5 unspecified atom stereocenters. The first kappa shape index (κ1) is 31.4. The summed E-state index contributed by atoms with van der Waals surface area (Å²) in [6.45, 7) is 7.03. The molecule has 1 rings (SSSR count). The fourth-order valence-electron chi connectivity index (χ4n) is 3.55. The van der Waals surface area contributed by atoms with E-state index in [1.807, 2.05) is 0 Å². The van der Waals surface area contributed by atoms with Crippen LogP contribution in [0.4, 0.5) is 0 Å². The van der Waals surface area contributed by atoms with Gasteiger partial charge < -0.3 is 37.0 Å². The molecular formula is C25H38N4O8. The number of carboxylic acid groups (broad SMARTS) is 2. The molecule has 0 heterocycles. The second-order valence-electron chi connectivity index (χ2n) is 9.54. The Morgan fingerprint density at radius 2 is 1.43 bits per heavy atom. The molecule has 0 aliphatic rings. The third-order valence-corrected chi connectivity index (χ3v) is 5.86. The quantitative estimate of drug-likeness (QED) is 0.169. The molecule has 1 aromatic carbocycles. The number of hydrogen-bond donors (Lipinski definition) is 7. The van der Waals surface area contributed by atoms with Crippen LogP contribution in [0.3, 0.4) is 0 Å². The van der Waals surface area contributed by atoms with Gasteiger partial charge in [-0.1, -0.05) is 46.2 Å². The Labute approximate surface area is 216 Å². The molecule has 1 aromatic rings. The zero-order valence-electron chi connectivity index (χ0n) is 21.6. The highest BCUT2D eigenvalue weighted by molar-refractivity contribution is 5.95. The largest absolute Gasteiger partial charge is 0.508 e. The second-order valence-corrected chi connectivity index (χ2v) is 9.54.